The minimum absolute atomic E-state index is 0.0291. The highest BCUT2D eigenvalue weighted by molar-refractivity contribution is 7.89. The van der Waals surface area contributed by atoms with Gasteiger partial charge in [-0.3, -0.25) is 4.68 Å². The summed E-state index contributed by atoms with van der Waals surface area (Å²) >= 11 is 0. The zero-order valence-corrected chi connectivity index (χ0v) is 10.8. The zero-order chi connectivity index (χ0) is 12.6. The molecular formula is C10H17N3O3S. The molecule has 0 radical (unpaired) electrons. The summed E-state index contributed by atoms with van der Waals surface area (Å²) in [6.45, 7) is 2.55. The number of hydrogen-bond donors (Lipinski definition) is 1. The molecule has 0 bridgehead atoms. The molecular weight excluding hydrogens is 242 g/mol. The monoisotopic (exact) mass is 259 g/mol. The molecule has 2 rings (SSSR count). The minimum Gasteiger partial charge on any atom is -0.393 e. The fourth-order valence-electron chi connectivity index (χ4n) is 2.05. The first-order valence-electron chi connectivity index (χ1n) is 5.58. The lowest BCUT2D eigenvalue weighted by atomic mass is 10.0. The third-order valence-corrected chi connectivity index (χ3v) is 5.01. The van der Waals surface area contributed by atoms with Crippen LogP contribution in [0.4, 0.5) is 0 Å². The normalized spacial score (nSPS) is 24.1. The molecule has 2 heterocycles. The molecule has 7 heteroatoms. The Balaban J connectivity index is 2.18. The molecule has 17 heavy (non-hydrogen) atoms. The van der Waals surface area contributed by atoms with Gasteiger partial charge in [0.15, 0.2) is 0 Å². The zero-order valence-electron chi connectivity index (χ0n) is 9.94. The van der Waals surface area contributed by atoms with Crippen LogP contribution in [0.5, 0.6) is 0 Å². The van der Waals surface area contributed by atoms with Gasteiger partial charge < -0.3 is 5.11 Å². The second-order valence-electron chi connectivity index (χ2n) is 4.50. The Hall–Kier alpha value is -0.920. The molecule has 1 aliphatic heterocycles. The van der Waals surface area contributed by atoms with Crippen LogP contribution in [-0.2, 0) is 17.1 Å². The van der Waals surface area contributed by atoms with Crippen LogP contribution in [0.25, 0.3) is 0 Å². The number of sulfonamides is 1. The van der Waals surface area contributed by atoms with Crippen LogP contribution in [0.3, 0.4) is 0 Å². The lowest BCUT2D eigenvalue weighted by molar-refractivity contribution is 0.133. The van der Waals surface area contributed by atoms with Crippen LogP contribution in [-0.4, -0.2) is 46.8 Å². The topological polar surface area (TPSA) is 75.4 Å². The average Bonchev–Trinajstić information content (AvgIpc) is 2.85. The maximum atomic E-state index is 12.2. The van der Waals surface area contributed by atoms with Crippen LogP contribution >= 0.6 is 0 Å². The molecule has 1 aliphatic rings. The van der Waals surface area contributed by atoms with Gasteiger partial charge in [-0.2, -0.15) is 9.40 Å². The van der Waals surface area contributed by atoms with Crippen molar-refractivity contribution in [2.45, 2.75) is 24.3 Å². The lowest BCUT2D eigenvalue weighted by Crippen LogP contribution is -2.30. The molecule has 1 fully saturated rings. The van der Waals surface area contributed by atoms with Crippen molar-refractivity contribution in [3.63, 3.8) is 0 Å². The summed E-state index contributed by atoms with van der Waals surface area (Å²) in [5.74, 6) is 0.0291. The van der Waals surface area contributed by atoms with E-state index in [1.807, 2.05) is 0 Å². The smallest absolute Gasteiger partial charge is 0.246 e. The van der Waals surface area contributed by atoms with E-state index in [2.05, 4.69) is 5.10 Å². The SMILES string of the molecule is CC(O)C1CCN(S(=O)(=O)c2cnn(C)c2)C1. The first-order chi connectivity index (χ1) is 7.91. The Bertz CT molecular complexity index is 495. The summed E-state index contributed by atoms with van der Waals surface area (Å²) in [5.41, 5.74) is 0. The first kappa shape index (κ1) is 12.5. The maximum Gasteiger partial charge on any atom is 0.246 e. The Morgan fingerprint density at radius 1 is 1.59 bits per heavy atom. The molecule has 1 aromatic heterocycles. The van der Waals surface area contributed by atoms with Gasteiger partial charge in [0.05, 0.1) is 12.3 Å². The van der Waals surface area contributed by atoms with E-state index in [1.54, 1.807) is 14.0 Å². The van der Waals surface area contributed by atoms with Crippen LogP contribution in [0.15, 0.2) is 17.3 Å². The van der Waals surface area contributed by atoms with Crippen LogP contribution in [0.2, 0.25) is 0 Å². The number of aliphatic hydroxyl groups is 1. The number of nitrogens with zero attached hydrogens (tertiary/aromatic N) is 3. The predicted molar refractivity (Wildman–Crippen MR) is 61.8 cm³/mol. The van der Waals surface area contributed by atoms with Gasteiger partial charge >= 0.3 is 0 Å². The van der Waals surface area contributed by atoms with Gasteiger partial charge in [0.2, 0.25) is 10.0 Å². The highest BCUT2D eigenvalue weighted by Gasteiger charge is 2.34. The van der Waals surface area contributed by atoms with Gasteiger partial charge in [-0.15, -0.1) is 0 Å². The van der Waals surface area contributed by atoms with Crippen molar-refractivity contribution in [1.82, 2.24) is 14.1 Å². The van der Waals surface area contributed by atoms with E-state index >= 15 is 0 Å². The van der Waals surface area contributed by atoms with E-state index in [9.17, 15) is 13.5 Å². The van der Waals surface area contributed by atoms with Crippen molar-refractivity contribution in [2.75, 3.05) is 13.1 Å². The predicted octanol–water partition coefficient (Wildman–Crippen LogP) is -0.189. The van der Waals surface area contributed by atoms with Gasteiger partial charge in [0.1, 0.15) is 4.90 Å². The summed E-state index contributed by atoms with van der Waals surface area (Å²) in [6.07, 6.45) is 3.08. The van der Waals surface area contributed by atoms with Gasteiger partial charge in [-0.05, 0) is 19.3 Å². The minimum atomic E-state index is -3.45. The Labute approximate surface area is 101 Å². The fraction of sp³-hybridized carbons (Fsp3) is 0.700. The van der Waals surface area contributed by atoms with E-state index in [0.717, 1.165) is 0 Å². The summed E-state index contributed by atoms with van der Waals surface area (Å²) in [7, 11) is -1.76. The second-order valence-corrected chi connectivity index (χ2v) is 6.44. The standard InChI is InChI=1S/C10H17N3O3S/c1-8(14)9-3-4-13(6-9)17(15,16)10-5-11-12(2)7-10/h5,7-9,14H,3-4,6H2,1-2H3. The van der Waals surface area contributed by atoms with E-state index < -0.39 is 16.1 Å². The largest absolute Gasteiger partial charge is 0.393 e. The number of hydrogen-bond acceptors (Lipinski definition) is 4. The Kier molecular flexibility index (Phi) is 3.24. The van der Waals surface area contributed by atoms with Crippen molar-refractivity contribution in [1.29, 1.82) is 0 Å². The van der Waals surface area contributed by atoms with E-state index in [0.29, 0.717) is 19.5 Å². The Morgan fingerprint density at radius 3 is 2.76 bits per heavy atom. The van der Waals surface area contributed by atoms with Gasteiger partial charge in [0, 0.05) is 26.3 Å². The molecule has 0 saturated carbocycles. The average molecular weight is 259 g/mol. The molecule has 0 spiro atoms. The molecule has 0 aromatic carbocycles. The maximum absolute atomic E-state index is 12.2. The van der Waals surface area contributed by atoms with E-state index in [4.69, 9.17) is 0 Å². The Morgan fingerprint density at radius 2 is 2.29 bits per heavy atom. The molecule has 1 saturated heterocycles. The molecule has 2 atom stereocenters. The van der Waals surface area contributed by atoms with Gasteiger partial charge in [-0.25, -0.2) is 8.42 Å². The quantitative estimate of drug-likeness (QED) is 0.816. The fourth-order valence-corrected chi connectivity index (χ4v) is 3.54. The number of aryl methyl sites for hydroxylation is 1. The highest BCUT2D eigenvalue weighted by Crippen LogP contribution is 2.25. The molecule has 6 nitrogen and oxygen atoms in total. The van der Waals surface area contributed by atoms with Crippen molar-refractivity contribution in [3.05, 3.63) is 12.4 Å². The summed E-state index contributed by atoms with van der Waals surface area (Å²) < 4.78 is 27.3. The summed E-state index contributed by atoms with van der Waals surface area (Å²) in [4.78, 5) is 0.214. The van der Waals surface area contributed by atoms with Gasteiger partial charge in [0.25, 0.3) is 0 Å². The number of aromatic nitrogens is 2. The van der Waals surface area contributed by atoms with E-state index in [-0.39, 0.29) is 10.8 Å². The highest BCUT2D eigenvalue weighted by atomic mass is 32.2. The van der Waals surface area contributed by atoms with Crippen molar-refractivity contribution in [3.8, 4) is 0 Å². The van der Waals surface area contributed by atoms with E-state index in [1.165, 1.54) is 21.4 Å². The summed E-state index contributed by atoms with van der Waals surface area (Å²) in [5, 5.41) is 13.3. The first-order valence-corrected chi connectivity index (χ1v) is 7.02. The molecule has 0 amide bonds. The molecule has 1 aromatic rings. The van der Waals surface area contributed by atoms with Crippen LogP contribution < -0.4 is 0 Å². The number of rotatable bonds is 3. The molecule has 0 aliphatic carbocycles. The molecule has 2 unspecified atom stereocenters. The molecule has 1 N–H and O–H groups in total. The lowest BCUT2D eigenvalue weighted by Gasteiger charge is -2.16. The van der Waals surface area contributed by atoms with Gasteiger partial charge in [-0.1, -0.05) is 0 Å². The molecule has 96 valence electrons. The van der Waals surface area contributed by atoms with Crippen molar-refractivity contribution >= 4 is 10.0 Å². The summed E-state index contributed by atoms with van der Waals surface area (Å²) in [6, 6.07) is 0. The van der Waals surface area contributed by atoms with Crippen LogP contribution in [0, 0.1) is 5.92 Å². The third-order valence-electron chi connectivity index (χ3n) is 3.19. The van der Waals surface area contributed by atoms with Crippen molar-refractivity contribution < 1.29 is 13.5 Å². The third kappa shape index (κ3) is 2.36. The van der Waals surface area contributed by atoms with Crippen LogP contribution in [0.1, 0.15) is 13.3 Å². The number of aliphatic hydroxyl groups excluding tert-OH is 1. The van der Waals surface area contributed by atoms with Crippen molar-refractivity contribution in [2.24, 2.45) is 13.0 Å². The second kappa shape index (κ2) is 4.40.